The summed E-state index contributed by atoms with van der Waals surface area (Å²) in [6, 6.07) is 8.39. The lowest BCUT2D eigenvalue weighted by Crippen LogP contribution is -2.15. The Morgan fingerprint density at radius 1 is 0.434 bits per heavy atom. The van der Waals surface area contributed by atoms with Gasteiger partial charge in [-0.3, -0.25) is 0 Å². The van der Waals surface area contributed by atoms with Crippen LogP contribution in [0.25, 0.3) is 88.4 Å². The van der Waals surface area contributed by atoms with Crippen molar-refractivity contribution in [1.82, 2.24) is 9.13 Å². The van der Waals surface area contributed by atoms with Crippen molar-refractivity contribution in [3.05, 3.63) is 193 Å². The molecular formula is C51H36N2. The lowest BCUT2D eigenvalue weighted by atomic mass is 9.82. The zero-order valence-corrected chi connectivity index (χ0v) is 28.2. The first-order valence-corrected chi connectivity index (χ1v) is 17.0. The third kappa shape index (κ3) is 4.33. The highest BCUT2D eigenvalue weighted by atomic mass is 15.0. The van der Waals surface area contributed by atoms with E-state index in [1.165, 1.54) is 9.13 Å². The standard InChI is InChI=1S/C51H36N2/c1-51(2)44-21-13-20-38(33-14-5-3-6-15-33)50(44)41-27-26-37(32-45(41)51)53-47-23-12-10-19-40(47)43-31-35(25-29-49(43)53)34-24-28-48-42(30-34)39-18-9-11-22-46(39)52(48)36-16-7-4-8-17-36/h3-32H,1-2H3/i3D,5D,6D,9D,10D,11D,12D,14D,15D,18D,19D,22D,23D,24D,25D,28D,29D,30D,31D. The van der Waals surface area contributed by atoms with Crippen LogP contribution in [0.2, 0.25) is 0 Å². The SMILES string of the molecule is [2H]c1c([2H])c([2H])c(-c2cccc3c2-c2ccc(-n4c5c([2H])c([2H])c([2H])c([2H])c5c5c([2H])c(-c6c([2H])c([2H])c7c(c6[2H])c6c([2H])c([2H])c([2H])c([2H])c6n7-c6ccccc6)c([2H])c([2H])c54)cc2C3(C)C)c([2H])c1[2H]. The lowest BCUT2D eigenvalue weighted by Gasteiger charge is -2.22. The van der Waals surface area contributed by atoms with E-state index in [0.29, 0.717) is 27.9 Å². The Morgan fingerprint density at radius 3 is 1.68 bits per heavy atom. The maximum absolute atomic E-state index is 9.94. The number of aromatic nitrogens is 2. The molecule has 1 aliphatic rings. The number of para-hydroxylation sites is 3. The van der Waals surface area contributed by atoms with Crippen molar-refractivity contribution >= 4 is 43.6 Å². The summed E-state index contributed by atoms with van der Waals surface area (Å²) in [5.41, 5.74) is 1.51. The molecule has 2 heterocycles. The average molecular weight is 696 g/mol. The van der Waals surface area contributed by atoms with Crippen LogP contribution in [0.3, 0.4) is 0 Å². The van der Waals surface area contributed by atoms with Crippen LogP contribution in [0.5, 0.6) is 0 Å². The van der Waals surface area contributed by atoms with Crippen molar-refractivity contribution in [2.45, 2.75) is 19.3 Å². The van der Waals surface area contributed by atoms with Crippen molar-refractivity contribution in [3.63, 3.8) is 0 Å². The maximum Gasteiger partial charge on any atom is 0.0645 e. The van der Waals surface area contributed by atoms with Crippen molar-refractivity contribution in [1.29, 1.82) is 0 Å². The first-order valence-electron chi connectivity index (χ1n) is 26.5. The smallest absolute Gasteiger partial charge is 0.0645 e. The van der Waals surface area contributed by atoms with Gasteiger partial charge in [-0.2, -0.15) is 0 Å². The van der Waals surface area contributed by atoms with Crippen LogP contribution < -0.4 is 0 Å². The molecule has 0 fully saturated rings. The van der Waals surface area contributed by atoms with Crippen molar-refractivity contribution in [2.75, 3.05) is 0 Å². The highest BCUT2D eigenvalue weighted by Gasteiger charge is 2.37. The summed E-state index contributed by atoms with van der Waals surface area (Å²) in [5.74, 6) is 0. The fraction of sp³-hybridized carbons (Fsp3) is 0.0588. The van der Waals surface area contributed by atoms with Crippen molar-refractivity contribution in [2.24, 2.45) is 0 Å². The number of nitrogens with zero attached hydrogens (tertiary/aromatic N) is 2. The second-order valence-corrected chi connectivity index (χ2v) is 13.5. The molecule has 8 aromatic carbocycles. The maximum atomic E-state index is 9.94. The van der Waals surface area contributed by atoms with Crippen molar-refractivity contribution < 1.29 is 26.0 Å². The van der Waals surface area contributed by atoms with Gasteiger partial charge in [0.1, 0.15) is 0 Å². The molecule has 0 saturated carbocycles. The van der Waals surface area contributed by atoms with Gasteiger partial charge in [0.25, 0.3) is 0 Å². The van der Waals surface area contributed by atoms with Gasteiger partial charge in [-0.05, 0) is 105 Å². The largest absolute Gasteiger partial charge is 0.309 e. The summed E-state index contributed by atoms with van der Waals surface area (Å²) in [6.45, 7) is 3.88. The molecule has 1 aliphatic carbocycles. The third-order valence-electron chi connectivity index (χ3n) is 10.3. The van der Waals surface area contributed by atoms with E-state index in [1.54, 1.807) is 60.7 Å². The zero-order chi connectivity index (χ0) is 51.8. The zero-order valence-electron chi connectivity index (χ0n) is 47.2. The van der Waals surface area contributed by atoms with E-state index in [1.807, 2.05) is 19.9 Å². The molecular weight excluding hydrogens is 641 g/mol. The Bertz CT molecular complexity index is 4140. The Hall–Kier alpha value is -6.64. The van der Waals surface area contributed by atoms with Gasteiger partial charge in [-0.1, -0.05) is 135 Å². The molecule has 10 aromatic rings. The number of hydrogen-bond acceptors (Lipinski definition) is 0. The topological polar surface area (TPSA) is 9.86 Å². The average Bonchev–Trinajstić information content (AvgIpc) is 4.00. The van der Waals surface area contributed by atoms with Crippen LogP contribution in [-0.2, 0) is 5.41 Å². The molecule has 0 N–H and O–H groups in total. The number of benzene rings is 8. The van der Waals surface area contributed by atoms with Crippen LogP contribution in [0.4, 0.5) is 0 Å². The minimum Gasteiger partial charge on any atom is -0.309 e. The summed E-state index contributed by atoms with van der Waals surface area (Å²) in [4.78, 5) is 0. The van der Waals surface area contributed by atoms with Crippen LogP contribution in [0.15, 0.2) is 182 Å². The van der Waals surface area contributed by atoms with Gasteiger partial charge in [-0.25, -0.2) is 0 Å². The summed E-state index contributed by atoms with van der Waals surface area (Å²) in [7, 11) is 0. The highest BCUT2D eigenvalue weighted by molar-refractivity contribution is 6.12. The highest BCUT2D eigenvalue weighted by Crippen LogP contribution is 2.53. The van der Waals surface area contributed by atoms with E-state index in [0.717, 1.165) is 5.56 Å². The predicted octanol–water partition coefficient (Wildman–Crippen LogP) is 13.5. The van der Waals surface area contributed by atoms with E-state index in [9.17, 15) is 11.0 Å². The minimum absolute atomic E-state index is 0.0132. The van der Waals surface area contributed by atoms with Gasteiger partial charge in [0.05, 0.1) is 48.1 Å². The Kier molecular flexibility index (Phi) is 3.54. The molecule has 0 atom stereocenters. The number of hydrogen-bond donors (Lipinski definition) is 0. The van der Waals surface area contributed by atoms with Crippen LogP contribution in [0, 0.1) is 0 Å². The minimum atomic E-state index is -0.825. The number of rotatable bonds is 4. The fourth-order valence-electron chi connectivity index (χ4n) is 7.88. The van der Waals surface area contributed by atoms with Gasteiger partial charge in [0.15, 0.2) is 0 Å². The Balaban J connectivity index is 1.23. The molecule has 0 radical (unpaired) electrons. The summed E-state index contributed by atoms with van der Waals surface area (Å²) < 4.78 is 175. The van der Waals surface area contributed by atoms with Gasteiger partial charge in [0.2, 0.25) is 0 Å². The van der Waals surface area contributed by atoms with Crippen LogP contribution in [0.1, 0.15) is 51.0 Å². The molecule has 0 spiro atoms. The fourth-order valence-corrected chi connectivity index (χ4v) is 7.88. The second kappa shape index (κ2) is 11.2. The van der Waals surface area contributed by atoms with E-state index in [-0.39, 0.29) is 66.9 Å². The molecule has 2 aromatic heterocycles. The second-order valence-electron chi connectivity index (χ2n) is 13.5. The van der Waals surface area contributed by atoms with Crippen LogP contribution in [-0.4, -0.2) is 9.13 Å². The van der Waals surface area contributed by atoms with Gasteiger partial charge in [0, 0.05) is 38.3 Å². The van der Waals surface area contributed by atoms with E-state index < -0.39 is 119 Å². The third-order valence-corrected chi connectivity index (χ3v) is 10.3. The lowest BCUT2D eigenvalue weighted by molar-refractivity contribution is 0.660. The molecule has 0 unspecified atom stereocenters. The molecule has 0 amide bonds. The molecule has 53 heavy (non-hydrogen) atoms. The quantitative estimate of drug-likeness (QED) is 0.173. The first kappa shape index (κ1) is 16.8. The molecule has 250 valence electrons. The summed E-state index contributed by atoms with van der Waals surface area (Å²) in [5, 5.41) is -0.707. The first-order chi connectivity index (χ1) is 34.0. The van der Waals surface area contributed by atoms with Crippen LogP contribution >= 0.6 is 0 Å². The molecule has 0 aliphatic heterocycles. The van der Waals surface area contributed by atoms with Gasteiger partial charge >= 0.3 is 0 Å². The van der Waals surface area contributed by atoms with Gasteiger partial charge in [-0.15, -0.1) is 0 Å². The molecule has 2 heteroatoms. The van der Waals surface area contributed by atoms with E-state index >= 15 is 0 Å². The Labute approximate surface area is 335 Å². The predicted molar refractivity (Wildman–Crippen MR) is 224 cm³/mol. The van der Waals surface area contributed by atoms with E-state index in [2.05, 4.69) is 0 Å². The summed E-state index contributed by atoms with van der Waals surface area (Å²) in [6.07, 6.45) is 0. The Morgan fingerprint density at radius 2 is 1.02 bits per heavy atom. The van der Waals surface area contributed by atoms with Gasteiger partial charge < -0.3 is 9.13 Å². The molecule has 0 bridgehead atoms. The molecule has 2 nitrogen and oxygen atoms in total. The molecule has 0 saturated heterocycles. The number of fused-ring (bicyclic) bond motifs is 9. The molecule has 11 rings (SSSR count). The monoisotopic (exact) mass is 695 g/mol. The van der Waals surface area contributed by atoms with Crippen molar-refractivity contribution in [3.8, 4) is 44.8 Å². The normalized spacial score (nSPS) is 18.3. The summed E-state index contributed by atoms with van der Waals surface area (Å²) >= 11 is 0. The van der Waals surface area contributed by atoms with E-state index in [4.69, 9.17) is 15.1 Å².